The Kier molecular flexibility index (Phi) is 3.64. The van der Waals surface area contributed by atoms with E-state index in [1.54, 1.807) is 0 Å². The van der Waals surface area contributed by atoms with Crippen molar-refractivity contribution in [3.63, 3.8) is 0 Å². The topological polar surface area (TPSA) is 29.9 Å². The van der Waals surface area contributed by atoms with Gasteiger partial charge in [0.1, 0.15) is 5.82 Å². The molecule has 0 bridgehead atoms. The van der Waals surface area contributed by atoms with Gasteiger partial charge in [0.15, 0.2) is 0 Å². The number of halogens is 1. The number of hydrogen-bond donors (Lipinski definition) is 1. The Morgan fingerprint density at radius 2 is 2.18 bits per heavy atom. The van der Waals surface area contributed by atoms with E-state index in [1.807, 2.05) is 31.1 Å². The van der Waals surface area contributed by atoms with E-state index in [2.05, 4.69) is 51.4 Å². The van der Waals surface area contributed by atoms with Crippen LogP contribution >= 0.6 is 15.9 Å². The van der Waals surface area contributed by atoms with E-state index in [1.165, 1.54) is 11.1 Å². The van der Waals surface area contributed by atoms with Crippen LogP contribution in [-0.2, 0) is 7.05 Å². The van der Waals surface area contributed by atoms with Crippen LogP contribution in [0, 0.1) is 6.92 Å². The van der Waals surface area contributed by atoms with Gasteiger partial charge in [-0.2, -0.15) is 0 Å². The SMILES string of the molecule is CNC(c1ccc(C)cc1Br)c1nccn1C. The summed E-state index contributed by atoms with van der Waals surface area (Å²) in [5.41, 5.74) is 2.45. The predicted molar refractivity (Wildman–Crippen MR) is 73.0 cm³/mol. The standard InChI is InChI=1S/C13H16BrN3/c1-9-4-5-10(11(14)8-9)12(15-2)13-16-6-7-17(13)3/h4-8,12,15H,1-3H3. The highest BCUT2D eigenvalue weighted by molar-refractivity contribution is 9.10. The molecule has 2 aromatic rings. The number of rotatable bonds is 3. The Hall–Kier alpha value is -1.13. The number of imidazole rings is 1. The maximum Gasteiger partial charge on any atom is 0.130 e. The van der Waals surface area contributed by atoms with Crippen molar-refractivity contribution in [2.75, 3.05) is 7.05 Å². The monoisotopic (exact) mass is 293 g/mol. The molecule has 0 spiro atoms. The van der Waals surface area contributed by atoms with Crippen LogP contribution in [-0.4, -0.2) is 16.6 Å². The third kappa shape index (κ3) is 2.42. The van der Waals surface area contributed by atoms with Crippen molar-refractivity contribution < 1.29 is 0 Å². The summed E-state index contributed by atoms with van der Waals surface area (Å²) in [5.74, 6) is 1.01. The van der Waals surface area contributed by atoms with Crippen LogP contribution in [0.4, 0.5) is 0 Å². The Labute approximate surface area is 110 Å². The van der Waals surface area contributed by atoms with Gasteiger partial charge in [0.05, 0.1) is 6.04 Å². The smallest absolute Gasteiger partial charge is 0.130 e. The van der Waals surface area contributed by atoms with Crippen molar-refractivity contribution in [2.24, 2.45) is 7.05 Å². The fourth-order valence-corrected chi connectivity index (χ4v) is 2.67. The molecule has 1 unspecified atom stereocenters. The van der Waals surface area contributed by atoms with Crippen molar-refractivity contribution in [1.29, 1.82) is 0 Å². The molecule has 1 aromatic heterocycles. The van der Waals surface area contributed by atoms with Gasteiger partial charge in [0, 0.05) is 23.9 Å². The maximum absolute atomic E-state index is 4.41. The Morgan fingerprint density at radius 3 is 2.71 bits per heavy atom. The molecule has 3 nitrogen and oxygen atoms in total. The van der Waals surface area contributed by atoms with E-state index in [0.717, 1.165) is 10.3 Å². The minimum Gasteiger partial charge on any atom is -0.336 e. The van der Waals surface area contributed by atoms with Gasteiger partial charge in [0.25, 0.3) is 0 Å². The summed E-state index contributed by atoms with van der Waals surface area (Å²) in [6, 6.07) is 6.48. The molecule has 0 saturated carbocycles. The van der Waals surface area contributed by atoms with Gasteiger partial charge < -0.3 is 9.88 Å². The van der Waals surface area contributed by atoms with Gasteiger partial charge in [0.2, 0.25) is 0 Å². The van der Waals surface area contributed by atoms with Crippen LogP contribution in [0.1, 0.15) is 23.0 Å². The van der Waals surface area contributed by atoms with Gasteiger partial charge in [-0.05, 0) is 31.2 Å². The van der Waals surface area contributed by atoms with Crippen LogP contribution in [0.2, 0.25) is 0 Å². The first kappa shape index (κ1) is 12.3. The second kappa shape index (κ2) is 5.02. The largest absolute Gasteiger partial charge is 0.336 e. The van der Waals surface area contributed by atoms with E-state index >= 15 is 0 Å². The molecule has 1 aromatic carbocycles. The highest BCUT2D eigenvalue weighted by Crippen LogP contribution is 2.28. The van der Waals surface area contributed by atoms with Crippen molar-refractivity contribution >= 4 is 15.9 Å². The minimum absolute atomic E-state index is 0.102. The van der Waals surface area contributed by atoms with Gasteiger partial charge in [-0.3, -0.25) is 0 Å². The summed E-state index contributed by atoms with van der Waals surface area (Å²) >= 11 is 3.62. The number of hydrogen-bond acceptors (Lipinski definition) is 2. The molecule has 0 aliphatic rings. The highest BCUT2D eigenvalue weighted by atomic mass is 79.9. The zero-order chi connectivity index (χ0) is 12.4. The molecule has 0 aliphatic heterocycles. The molecule has 1 atom stereocenters. The van der Waals surface area contributed by atoms with Crippen molar-refractivity contribution in [3.8, 4) is 0 Å². The van der Waals surface area contributed by atoms with E-state index < -0.39 is 0 Å². The van der Waals surface area contributed by atoms with Crippen molar-refractivity contribution in [1.82, 2.24) is 14.9 Å². The molecular weight excluding hydrogens is 278 g/mol. The molecule has 4 heteroatoms. The molecule has 2 rings (SSSR count). The van der Waals surface area contributed by atoms with E-state index in [-0.39, 0.29) is 6.04 Å². The summed E-state index contributed by atoms with van der Waals surface area (Å²) < 4.78 is 3.15. The second-order valence-electron chi connectivity index (χ2n) is 4.14. The van der Waals surface area contributed by atoms with E-state index in [9.17, 15) is 0 Å². The summed E-state index contributed by atoms with van der Waals surface area (Å²) in [7, 11) is 3.96. The third-order valence-corrected chi connectivity index (χ3v) is 3.56. The van der Waals surface area contributed by atoms with Crippen molar-refractivity contribution in [2.45, 2.75) is 13.0 Å². The fourth-order valence-electron chi connectivity index (χ4n) is 1.95. The van der Waals surface area contributed by atoms with Gasteiger partial charge in [-0.15, -0.1) is 0 Å². The first-order valence-electron chi connectivity index (χ1n) is 5.54. The lowest BCUT2D eigenvalue weighted by Crippen LogP contribution is -2.21. The molecule has 0 aliphatic carbocycles. The van der Waals surface area contributed by atoms with Crippen LogP contribution in [0.25, 0.3) is 0 Å². The summed E-state index contributed by atoms with van der Waals surface area (Å²) in [4.78, 5) is 4.41. The summed E-state index contributed by atoms with van der Waals surface area (Å²) in [6.45, 7) is 2.09. The quantitative estimate of drug-likeness (QED) is 0.943. The zero-order valence-corrected chi connectivity index (χ0v) is 11.8. The average molecular weight is 294 g/mol. The lowest BCUT2D eigenvalue weighted by atomic mass is 10.0. The lowest BCUT2D eigenvalue weighted by molar-refractivity contribution is 0.615. The third-order valence-electron chi connectivity index (χ3n) is 2.87. The van der Waals surface area contributed by atoms with Crippen LogP contribution in [0.5, 0.6) is 0 Å². The van der Waals surface area contributed by atoms with Crippen molar-refractivity contribution in [3.05, 3.63) is 52.0 Å². The molecule has 0 radical (unpaired) electrons. The summed E-state index contributed by atoms with van der Waals surface area (Å²) in [6.07, 6.45) is 3.78. The predicted octanol–water partition coefficient (Wildman–Crippen LogP) is 2.80. The van der Waals surface area contributed by atoms with E-state index in [4.69, 9.17) is 0 Å². The first-order valence-corrected chi connectivity index (χ1v) is 6.33. The van der Waals surface area contributed by atoms with Gasteiger partial charge in [-0.25, -0.2) is 4.98 Å². The Balaban J connectivity index is 2.46. The van der Waals surface area contributed by atoms with Gasteiger partial charge in [-0.1, -0.05) is 28.1 Å². The highest BCUT2D eigenvalue weighted by Gasteiger charge is 2.18. The van der Waals surface area contributed by atoms with Crippen LogP contribution in [0.15, 0.2) is 35.1 Å². The first-order chi connectivity index (χ1) is 8.13. The lowest BCUT2D eigenvalue weighted by Gasteiger charge is -2.18. The molecule has 0 fully saturated rings. The number of nitrogens with zero attached hydrogens (tertiary/aromatic N) is 2. The molecule has 0 amide bonds. The van der Waals surface area contributed by atoms with Gasteiger partial charge >= 0.3 is 0 Å². The minimum atomic E-state index is 0.102. The summed E-state index contributed by atoms with van der Waals surface area (Å²) in [5, 5.41) is 3.31. The van der Waals surface area contributed by atoms with Crippen LogP contribution in [0.3, 0.4) is 0 Å². The van der Waals surface area contributed by atoms with Crippen LogP contribution < -0.4 is 5.32 Å². The number of aromatic nitrogens is 2. The Bertz CT molecular complexity index is 519. The number of benzene rings is 1. The van der Waals surface area contributed by atoms with E-state index in [0.29, 0.717) is 0 Å². The maximum atomic E-state index is 4.41. The normalized spacial score (nSPS) is 12.7. The molecule has 90 valence electrons. The number of nitrogens with one attached hydrogen (secondary N) is 1. The molecule has 0 saturated heterocycles. The molecular formula is C13H16BrN3. The number of aryl methyl sites for hydroxylation is 2. The molecule has 1 N–H and O–H groups in total. The zero-order valence-electron chi connectivity index (χ0n) is 10.2. The fraction of sp³-hybridized carbons (Fsp3) is 0.308. The molecule has 1 heterocycles. The second-order valence-corrected chi connectivity index (χ2v) is 5.00. The molecule has 17 heavy (non-hydrogen) atoms. The average Bonchev–Trinajstić information content (AvgIpc) is 2.69. The Morgan fingerprint density at radius 1 is 1.41 bits per heavy atom.